The number of likely N-dealkylation sites (tertiary alicyclic amines) is 1. The Morgan fingerprint density at radius 3 is 2.61 bits per heavy atom. The van der Waals surface area contributed by atoms with Gasteiger partial charge in [0.1, 0.15) is 0 Å². The molecule has 0 bridgehead atoms. The third-order valence-corrected chi connectivity index (χ3v) is 5.32. The lowest BCUT2D eigenvalue weighted by atomic mass is 10.1. The molecule has 31 heavy (non-hydrogen) atoms. The fourth-order valence-corrected chi connectivity index (χ4v) is 3.75. The Labute approximate surface area is 185 Å². The molecular weight excluding hydrogens is 388 g/mol. The molecule has 1 fully saturated rings. The summed E-state index contributed by atoms with van der Waals surface area (Å²) in [7, 11) is 0. The van der Waals surface area contributed by atoms with Crippen molar-refractivity contribution in [2.45, 2.75) is 33.3 Å². The monoisotopic (exact) mass is 422 g/mol. The lowest BCUT2D eigenvalue weighted by Crippen LogP contribution is -2.40. The van der Waals surface area contributed by atoms with Gasteiger partial charge in [0.2, 0.25) is 5.91 Å². The molecule has 1 unspecified atom stereocenters. The third kappa shape index (κ3) is 7.72. The van der Waals surface area contributed by atoms with Crippen LogP contribution in [0.25, 0.3) is 0 Å². The van der Waals surface area contributed by atoms with E-state index in [1.54, 1.807) is 0 Å². The second kappa shape index (κ2) is 12.1. The summed E-state index contributed by atoms with van der Waals surface area (Å²) in [5, 5.41) is 6.23. The van der Waals surface area contributed by atoms with Crippen molar-refractivity contribution in [3.8, 4) is 0 Å². The van der Waals surface area contributed by atoms with Crippen molar-refractivity contribution in [3.05, 3.63) is 65.7 Å². The van der Waals surface area contributed by atoms with Crippen molar-refractivity contribution < 1.29 is 9.53 Å². The summed E-state index contributed by atoms with van der Waals surface area (Å²) in [6.07, 6.45) is 2.00. The Bertz CT molecular complexity index is 836. The Balaban J connectivity index is 1.45. The standard InChI is InChI=1S/C25H34N4O2/c1-3-26-25(27-15-13-21-9-11-24(12-10-21)28-20(2)30)29-16-14-23(17-29)19-31-18-22-7-5-4-6-8-22/h4-12,23H,3,13-19H2,1-2H3,(H,26,27)(H,28,30). The van der Waals surface area contributed by atoms with E-state index in [0.717, 1.165) is 57.3 Å². The van der Waals surface area contributed by atoms with Gasteiger partial charge in [-0.25, -0.2) is 0 Å². The van der Waals surface area contributed by atoms with Crippen LogP contribution in [0.4, 0.5) is 5.69 Å². The largest absolute Gasteiger partial charge is 0.376 e. The highest BCUT2D eigenvalue weighted by molar-refractivity contribution is 5.88. The van der Waals surface area contributed by atoms with Crippen molar-refractivity contribution in [2.75, 3.05) is 38.1 Å². The average Bonchev–Trinajstić information content (AvgIpc) is 3.23. The number of carbonyl (C=O) groups excluding carboxylic acids is 1. The van der Waals surface area contributed by atoms with Gasteiger partial charge in [-0.1, -0.05) is 42.5 Å². The SMILES string of the molecule is CCNC(=NCCc1ccc(NC(C)=O)cc1)N1CCC(COCc2ccccc2)C1. The lowest BCUT2D eigenvalue weighted by molar-refractivity contribution is -0.114. The van der Waals surface area contributed by atoms with Gasteiger partial charge < -0.3 is 20.3 Å². The maximum absolute atomic E-state index is 11.1. The van der Waals surface area contributed by atoms with E-state index in [9.17, 15) is 4.79 Å². The zero-order chi connectivity index (χ0) is 21.9. The zero-order valence-electron chi connectivity index (χ0n) is 18.6. The maximum Gasteiger partial charge on any atom is 0.221 e. The average molecular weight is 423 g/mol. The van der Waals surface area contributed by atoms with Crippen molar-refractivity contribution >= 4 is 17.6 Å². The van der Waals surface area contributed by atoms with E-state index in [-0.39, 0.29) is 5.91 Å². The minimum absolute atomic E-state index is 0.0537. The van der Waals surface area contributed by atoms with Gasteiger partial charge in [0, 0.05) is 44.7 Å². The van der Waals surface area contributed by atoms with Gasteiger partial charge in [-0.3, -0.25) is 9.79 Å². The first-order chi connectivity index (χ1) is 15.1. The van der Waals surface area contributed by atoms with Crippen LogP contribution >= 0.6 is 0 Å². The zero-order valence-corrected chi connectivity index (χ0v) is 18.6. The van der Waals surface area contributed by atoms with E-state index in [0.29, 0.717) is 12.5 Å². The number of hydrogen-bond acceptors (Lipinski definition) is 3. The van der Waals surface area contributed by atoms with Crippen LogP contribution in [0.5, 0.6) is 0 Å². The van der Waals surface area contributed by atoms with E-state index >= 15 is 0 Å². The second-order valence-corrected chi connectivity index (χ2v) is 7.97. The number of guanidine groups is 1. The molecular formula is C25H34N4O2. The van der Waals surface area contributed by atoms with Crippen LogP contribution in [-0.2, 0) is 22.6 Å². The van der Waals surface area contributed by atoms with E-state index in [1.807, 2.05) is 42.5 Å². The molecule has 2 aromatic carbocycles. The highest BCUT2D eigenvalue weighted by atomic mass is 16.5. The number of aliphatic imine (C=N–C) groups is 1. The van der Waals surface area contributed by atoms with Gasteiger partial charge in [-0.2, -0.15) is 0 Å². The first-order valence-corrected chi connectivity index (χ1v) is 11.2. The van der Waals surface area contributed by atoms with E-state index < -0.39 is 0 Å². The van der Waals surface area contributed by atoms with Crippen molar-refractivity contribution in [2.24, 2.45) is 10.9 Å². The number of nitrogens with zero attached hydrogens (tertiary/aromatic N) is 2. The first-order valence-electron chi connectivity index (χ1n) is 11.2. The van der Waals surface area contributed by atoms with Gasteiger partial charge >= 0.3 is 0 Å². The van der Waals surface area contributed by atoms with Crippen LogP contribution in [-0.4, -0.2) is 49.6 Å². The molecule has 6 nitrogen and oxygen atoms in total. The highest BCUT2D eigenvalue weighted by Gasteiger charge is 2.24. The summed E-state index contributed by atoms with van der Waals surface area (Å²) in [4.78, 5) is 18.3. The molecule has 1 aliphatic heterocycles. The molecule has 0 saturated carbocycles. The normalized spacial score (nSPS) is 16.4. The fourth-order valence-electron chi connectivity index (χ4n) is 3.75. The van der Waals surface area contributed by atoms with Gasteiger partial charge in [-0.05, 0) is 43.0 Å². The molecule has 0 spiro atoms. The molecule has 1 amide bonds. The predicted octanol–water partition coefficient (Wildman–Crippen LogP) is 3.69. The number of carbonyl (C=O) groups is 1. The summed E-state index contributed by atoms with van der Waals surface area (Å²) in [5.74, 6) is 1.47. The molecule has 1 heterocycles. The molecule has 0 aliphatic carbocycles. The molecule has 0 radical (unpaired) electrons. The molecule has 2 N–H and O–H groups in total. The number of rotatable bonds is 9. The van der Waals surface area contributed by atoms with Crippen molar-refractivity contribution in [3.63, 3.8) is 0 Å². The summed E-state index contributed by atoms with van der Waals surface area (Å²) in [6, 6.07) is 18.3. The van der Waals surface area contributed by atoms with Crippen LogP contribution in [0.15, 0.2) is 59.6 Å². The summed E-state index contributed by atoms with van der Waals surface area (Å²) < 4.78 is 5.95. The number of benzene rings is 2. The Morgan fingerprint density at radius 2 is 1.90 bits per heavy atom. The summed E-state index contributed by atoms with van der Waals surface area (Å²) in [5.41, 5.74) is 3.25. The number of nitrogens with one attached hydrogen (secondary N) is 2. The molecule has 166 valence electrons. The number of ether oxygens (including phenoxy) is 1. The Kier molecular flexibility index (Phi) is 8.91. The molecule has 2 aromatic rings. The minimum Gasteiger partial charge on any atom is -0.376 e. The maximum atomic E-state index is 11.1. The lowest BCUT2D eigenvalue weighted by Gasteiger charge is -2.21. The van der Waals surface area contributed by atoms with E-state index in [4.69, 9.17) is 9.73 Å². The van der Waals surface area contributed by atoms with Crippen LogP contribution in [0.1, 0.15) is 31.4 Å². The van der Waals surface area contributed by atoms with Crippen LogP contribution in [0.3, 0.4) is 0 Å². The summed E-state index contributed by atoms with van der Waals surface area (Å²) in [6.45, 7) is 8.65. The van der Waals surface area contributed by atoms with E-state index in [1.165, 1.54) is 18.1 Å². The van der Waals surface area contributed by atoms with Crippen molar-refractivity contribution in [1.29, 1.82) is 0 Å². The number of anilines is 1. The first kappa shape index (κ1) is 22.8. The molecule has 1 atom stereocenters. The van der Waals surface area contributed by atoms with Crippen LogP contribution in [0, 0.1) is 5.92 Å². The van der Waals surface area contributed by atoms with E-state index in [2.05, 4.69) is 34.6 Å². The quantitative estimate of drug-likeness (QED) is 0.478. The second-order valence-electron chi connectivity index (χ2n) is 7.97. The molecule has 0 aromatic heterocycles. The molecule has 3 rings (SSSR count). The van der Waals surface area contributed by atoms with Gasteiger partial charge in [0.25, 0.3) is 0 Å². The molecule has 1 saturated heterocycles. The van der Waals surface area contributed by atoms with Crippen LogP contribution in [0.2, 0.25) is 0 Å². The highest BCUT2D eigenvalue weighted by Crippen LogP contribution is 2.17. The molecule has 1 aliphatic rings. The predicted molar refractivity (Wildman–Crippen MR) is 126 cm³/mol. The van der Waals surface area contributed by atoms with Crippen LogP contribution < -0.4 is 10.6 Å². The number of amides is 1. The number of hydrogen-bond donors (Lipinski definition) is 2. The summed E-state index contributed by atoms with van der Waals surface area (Å²) >= 11 is 0. The fraction of sp³-hybridized carbons (Fsp3) is 0.440. The smallest absolute Gasteiger partial charge is 0.221 e. The topological polar surface area (TPSA) is 66.0 Å². The molecule has 6 heteroatoms. The van der Waals surface area contributed by atoms with Gasteiger partial charge in [0.05, 0.1) is 13.2 Å². The van der Waals surface area contributed by atoms with Crippen molar-refractivity contribution in [1.82, 2.24) is 10.2 Å². The van der Waals surface area contributed by atoms with Gasteiger partial charge in [-0.15, -0.1) is 0 Å². The van der Waals surface area contributed by atoms with Gasteiger partial charge in [0.15, 0.2) is 5.96 Å². The Morgan fingerprint density at radius 1 is 1.13 bits per heavy atom. The minimum atomic E-state index is -0.0537. The third-order valence-electron chi connectivity index (χ3n) is 5.32. The Hall–Kier alpha value is -2.86.